The maximum atomic E-state index is 12.4. The number of fused-ring (bicyclic) bond motifs is 1. The first-order valence-electron chi connectivity index (χ1n) is 8.42. The van der Waals surface area contributed by atoms with Gasteiger partial charge in [0.15, 0.2) is 11.5 Å². The van der Waals surface area contributed by atoms with Gasteiger partial charge in [-0.05, 0) is 5.56 Å². The minimum absolute atomic E-state index is 0.0216. The van der Waals surface area contributed by atoms with Gasteiger partial charge >= 0.3 is 6.09 Å². The fourth-order valence-electron chi connectivity index (χ4n) is 3.20. The van der Waals surface area contributed by atoms with Gasteiger partial charge in [-0.15, -0.1) is 0 Å². The molecule has 0 aliphatic carbocycles. The molecule has 0 bridgehead atoms. The molecule has 27 heavy (non-hydrogen) atoms. The van der Waals surface area contributed by atoms with Gasteiger partial charge in [-0.3, -0.25) is 0 Å². The molecule has 0 spiro atoms. The highest BCUT2D eigenvalue weighted by atomic mass is 16.6. The van der Waals surface area contributed by atoms with Crippen LogP contribution in [-0.2, 0) is 11.3 Å². The first kappa shape index (κ1) is 17.0. The Morgan fingerprint density at radius 1 is 1.22 bits per heavy atom. The van der Waals surface area contributed by atoms with E-state index in [1.165, 1.54) is 11.2 Å². The molecule has 10 nitrogen and oxygen atoms in total. The van der Waals surface area contributed by atoms with Gasteiger partial charge in [-0.1, -0.05) is 30.3 Å². The van der Waals surface area contributed by atoms with Gasteiger partial charge in [0.05, 0.1) is 25.0 Å². The molecule has 4 rings (SSSR count). The Bertz CT molecular complexity index is 975. The second-order valence-corrected chi connectivity index (χ2v) is 6.37. The van der Waals surface area contributed by atoms with E-state index in [9.17, 15) is 9.90 Å². The van der Waals surface area contributed by atoms with Crippen molar-refractivity contribution < 1.29 is 14.6 Å². The number of likely N-dealkylation sites (tertiary alicyclic amines) is 1. The Kier molecular flexibility index (Phi) is 4.24. The van der Waals surface area contributed by atoms with Crippen LogP contribution in [0.25, 0.3) is 11.2 Å². The molecule has 1 saturated heterocycles. The van der Waals surface area contributed by atoms with Crippen LogP contribution >= 0.6 is 0 Å². The Labute approximate surface area is 154 Å². The lowest BCUT2D eigenvalue weighted by molar-refractivity contribution is 0.0968. The fourth-order valence-corrected chi connectivity index (χ4v) is 3.20. The number of hydrogen-bond donors (Lipinski definition) is 3. The van der Waals surface area contributed by atoms with Crippen molar-refractivity contribution in [3.05, 3.63) is 42.2 Å². The van der Waals surface area contributed by atoms with Crippen LogP contribution < -0.4 is 11.5 Å². The number of nitrogens with zero attached hydrogens (tertiary/aromatic N) is 5. The first-order valence-corrected chi connectivity index (χ1v) is 8.42. The van der Waals surface area contributed by atoms with E-state index in [0.717, 1.165) is 5.56 Å². The average Bonchev–Trinajstić information content (AvgIpc) is 3.24. The van der Waals surface area contributed by atoms with Crippen LogP contribution in [0.3, 0.4) is 0 Å². The third kappa shape index (κ3) is 3.22. The highest BCUT2D eigenvalue weighted by Crippen LogP contribution is 2.27. The summed E-state index contributed by atoms with van der Waals surface area (Å²) in [6.45, 7) is 0.573. The van der Waals surface area contributed by atoms with Crippen molar-refractivity contribution in [1.29, 1.82) is 0 Å². The Balaban J connectivity index is 1.49. The van der Waals surface area contributed by atoms with Crippen molar-refractivity contribution in [2.24, 2.45) is 0 Å². The number of amides is 1. The normalized spacial score (nSPS) is 19.5. The van der Waals surface area contributed by atoms with Gasteiger partial charge in [-0.2, -0.15) is 9.97 Å². The van der Waals surface area contributed by atoms with E-state index in [1.807, 2.05) is 30.3 Å². The number of aliphatic hydroxyl groups is 1. The highest BCUT2D eigenvalue weighted by molar-refractivity contribution is 5.82. The maximum Gasteiger partial charge on any atom is 0.410 e. The first-order chi connectivity index (χ1) is 13.0. The number of benzene rings is 1. The van der Waals surface area contributed by atoms with E-state index >= 15 is 0 Å². The van der Waals surface area contributed by atoms with Gasteiger partial charge in [0.2, 0.25) is 5.95 Å². The van der Waals surface area contributed by atoms with Crippen molar-refractivity contribution in [3.8, 4) is 0 Å². The van der Waals surface area contributed by atoms with E-state index in [-0.39, 0.29) is 31.5 Å². The van der Waals surface area contributed by atoms with Gasteiger partial charge < -0.3 is 30.8 Å². The monoisotopic (exact) mass is 369 g/mol. The smallest absolute Gasteiger partial charge is 0.410 e. The number of hydrogen-bond acceptors (Lipinski definition) is 8. The van der Waals surface area contributed by atoms with Crippen molar-refractivity contribution in [2.45, 2.75) is 18.8 Å². The summed E-state index contributed by atoms with van der Waals surface area (Å²) in [5, 5.41) is 10.5. The van der Waals surface area contributed by atoms with Crippen LogP contribution in [0.15, 0.2) is 36.7 Å². The fraction of sp³-hybridized carbons (Fsp3) is 0.294. The number of rotatable bonds is 3. The van der Waals surface area contributed by atoms with E-state index in [4.69, 9.17) is 16.2 Å². The molecule has 1 amide bonds. The van der Waals surface area contributed by atoms with E-state index in [1.54, 1.807) is 4.57 Å². The lowest BCUT2D eigenvalue weighted by atomic mass is 10.2. The summed E-state index contributed by atoms with van der Waals surface area (Å²) in [7, 11) is 0. The zero-order chi connectivity index (χ0) is 19.0. The average molecular weight is 369 g/mol. The van der Waals surface area contributed by atoms with Crippen molar-refractivity contribution in [2.75, 3.05) is 24.6 Å². The molecule has 140 valence electrons. The number of aromatic nitrogens is 4. The number of anilines is 2. The topological polar surface area (TPSA) is 145 Å². The number of β-amino-alcohol motifs (C(OH)–C–C–N with tert-alkyl or cyclic N) is 1. The second-order valence-electron chi connectivity index (χ2n) is 6.37. The van der Waals surface area contributed by atoms with E-state index in [0.29, 0.717) is 11.2 Å². The van der Waals surface area contributed by atoms with Crippen molar-refractivity contribution in [3.63, 3.8) is 0 Å². The number of imidazole rings is 1. The SMILES string of the molecule is Nc1nc(N)c2ncn([C@H]3CN(C(=O)OCc4ccccc4)C[C@@H]3O)c2n1. The van der Waals surface area contributed by atoms with Gasteiger partial charge in [0.1, 0.15) is 12.1 Å². The Morgan fingerprint density at radius 3 is 2.78 bits per heavy atom. The van der Waals surface area contributed by atoms with E-state index < -0.39 is 18.2 Å². The van der Waals surface area contributed by atoms with Gasteiger partial charge in [0.25, 0.3) is 0 Å². The summed E-state index contributed by atoms with van der Waals surface area (Å²) in [6.07, 6.45) is 0.226. The molecule has 3 aromatic rings. The summed E-state index contributed by atoms with van der Waals surface area (Å²) in [6, 6.07) is 8.96. The number of nitrogen functional groups attached to an aromatic ring is 2. The number of carbonyl (C=O) groups excluding carboxylic acids is 1. The van der Waals surface area contributed by atoms with Crippen LogP contribution in [0.1, 0.15) is 11.6 Å². The summed E-state index contributed by atoms with van der Waals surface area (Å²) < 4.78 is 7.00. The Hall–Kier alpha value is -3.40. The standard InChI is InChI=1S/C17H19N7O3/c18-14-13-15(22-16(19)21-14)24(9-20-13)11-6-23(7-12(11)25)17(26)27-8-10-4-2-1-3-5-10/h1-5,9,11-12,25H,6-8H2,(H4,18,19,21,22)/t11-,12-/m0/s1. The molecule has 2 aromatic heterocycles. The lowest BCUT2D eigenvalue weighted by Crippen LogP contribution is -2.30. The molecule has 1 fully saturated rings. The lowest BCUT2D eigenvalue weighted by Gasteiger charge is -2.17. The van der Waals surface area contributed by atoms with Crippen LogP contribution in [0.5, 0.6) is 0 Å². The van der Waals surface area contributed by atoms with Crippen molar-refractivity contribution in [1.82, 2.24) is 24.4 Å². The summed E-state index contributed by atoms with van der Waals surface area (Å²) in [4.78, 5) is 26.0. The predicted molar refractivity (Wildman–Crippen MR) is 97.4 cm³/mol. The zero-order valence-corrected chi connectivity index (χ0v) is 14.4. The predicted octanol–water partition coefficient (Wildman–Crippen LogP) is 0.545. The third-order valence-electron chi connectivity index (χ3n) is 4.55. The quantitative estimate of drug-likeness (QED) is 0.606. The number of carbonyl (C=O) groups is 1. The molecule has 10 heteroatoms. The molecule has 5 N–H and O–H groups in total. The largest absolute Gasteiger partial charge is 0.445 e. The number of aliphatic hydroxyl groups excluding tert-OH is 1. The molecule has 0 radical (unpaired) electrons. The summed E-state index contributed by atoms with van der Waals surface area (Å²) in [5.74, 6) is 0.191. The molecule has 1 aliphatic rings. The third-order valence-corrected chi connectivity index (χ3v) is 4.55. The molecule has 3 heterocycles. The molecular formula is C17H19N7O3. The van der Waals surface area contributed by atoms with Crippen LogP contribution in [0.4, 0.5) is 16.6 Å². The Morgan fingerprint density at radius 2 is 2.00 bits per heavy atom. The highest BCUT2D eigenvalue weighted by Gasteiger charge is 2.37. The van der Waals surface area contributed by atoms with Crippen LogP contribution in [-0.4, -0.2) is 54.8 Å². The molecular weight excluding hydrogens is 350 g/mol. The number of ether oxygens (including phenoxy) is 1. The molecule has 0 saturated carbocycles. The van der Waals surface area contributed by atoms with Crippen LogP contribution in [0.2, 0.25) is 0 Å². The summed E-state index contributed by atoms with van der Waals surface area (Å²) >= 11 is 0. The molecule has 1 aromatic carbocycles. The van der Waals surface area contributed by atoms with Gasteiger partial charge in [0, 0.05) is 6.54 Å². The van der Waals surface area contributed by atoms with E-state index in [2.05, 4.69) is 15.0 Å². The molecule has 0 unspecified atom stereocenters. The van der Waals surface area contributed by atoms with Crippen LogP contribution in [0, 0.1) is 0 Å². The maximum absolute atomic E-state index is 12.4. The molecule has 2 atom stereocenters. The minimum atomic E-state index is -0.802. The van der Waals surface area contributed by atoms with Gasteiger partial charge in [-0.25, -0.2) is 9.78 Å². The van der Waals surface area contributed by atoms with Crippen molar-refractivity contribution >= 4 is 29.0 Å². The zero-order valence-electron chi connectivity index (χ0n) is 14.4. The summed E-state index contributed by atoms with van der Waals surface area (Å²) in [5.41, 5.74) is 13.2. The minimum Gasteiger partial charge on any atom is -0.445 e. The second kappa shape index (κ2) is 6.72. The number of nitrogens with two attached hydrogens (primary N) is 2. The molecule has 1 aliphatic heterocycles.